The Labute approximate surface area is 164 Å². The molecule has 4 nitrogen and oxygen atoms in total. The number of unbranched alkanes of at least 4 members (excludes halogenated alkanes) is 5. The third-order valence-corrected chi connectivity index (χ3v) is 4.30. The molecule has 0 saturated heterocycles. The van der Waals surface area contributed by atoms with Crippen molar-refractivity contribution < 1.29 is 19.1 Å². The molecule has 0 saturated carbocycles. The molecule has 0 bridgehead atoms. The zero-order chi connectivity index (χ0) is 20.1. The molecule has 0 radical (unpaired) electrons. The Bertz CT molecular complexity index is 545. The summed E-state index contributed by atoms with van der Waals surface area (Å²) in [5, 5.41) is 0. The van der Waals surface area contributed by atoms with Crippen LogP contribution in [0.25, 0.3) is 0 Å². The van der Waals surface area contributed by atoms with Gasteiger partial charge in [0.2, 0.25) is 0 Å². The first kappa shape index (κ1) is 23.2. The van der Waals surface area contributed by atoms with Crippen LogP contribution >= 0.6 is 0 Å². The molecular weight excluding hydrogens is 340 g/mol. The standard InChI is InChI=1S/C23H36O4/c1-5-6-7-8-9-13-16-20(17-21(24)27-23(2,3)4)22(25)26-18-19-14-11-10-12-15-19/h10-12,14-15,20H,5-9,13,16-18H2,1-4H3. The third kappa shape index (κ3) is 11.5. The normalized spacial score (nSPS) is 12.4. The highest BCUT2D eigenvalue weighted by Gasteiger charge is 2.26. The minimum absolute atomic E-state index is 0.0832. The lowest BCUT2D eigenvalue weighted by Crippen LogP contribution is -2.28. The molecule has 0 heterocycles. The van der Waals surface area contributed by atoms with Crippen LogP contribution in [-0.2, 0) is 25.7 Å². The van der Waals surface area contributed by atoms with Gasteiger partial charge in [-0.2, -0.15) is 0 Å². The molecule has 1 atom stereocenters. The first-order valence-electron chi connectivity index (χ1n) is 10.2. The van der Waals surface area contributed by atoms with Gasteiger partial charge in [0.05, 0.1) is 12.3 Å². The highest BCUT2D eigenvalue weighted by molar-refractivity contribution is 5.80. The zero-order valence-corrected chi connectivity index (χ0v) is 17.5. The van der Waals surface area contributed by atoms with Gasteiger partial charge >= 0.3 is 11.9 Å². The number of ether oxygens (including phenoxy) is 2. The van der Waals surface area contributed by atoms with Gasteiger partial charge in [-0.05, 0) is 32.8 Å². The van der Waals surface area contributed by atoms with Crippen LogP contribution in [0.5, 0.6) is 0 Å². The van der Waals surface area contributed by atoms with Gasteiger partial charge in [0.1, 0.15) is 12.2 Å². The predicted octanol–water partition coefficient (Wildman–Crippen LogP) is 5.83. The lowest BCUT2D eigenvalue weighted by atomic mass is 9.97. The van der Waals surface area contributed by atoms with Gasteiger partial charge in [-0.3, -0.25) is 9.59 Å². The minimum atomic E-state index is -0.546. The second-order valence-corrected chi connectivity index (χ2v) is 8.14. The number of rotatable bonds is 12. The second kappa shape index (κ2) is 12.5. The maximum Gasteiger partial charge on any atom is 0.309 e. The van der Waals surface area contributed by atoms with E-state index < -0.39 is 11.5 Å². The maximum absolute atomic E-state index is 12.6. The van der Waals surface area contributed by atoms with Crippen LogP contribution in [0.3, 0.4) is 0 Å². The monoisotopic (exact) mass is 376 g/mol. The Kier molecular flexibility index (Phi) is 10.8. The molecule has 1 aromatic carbocycles. The van der Waals surface area contributed by atoms with Crippen LogP contribution in [-0.4, -0.2) is 17.5 Å². The molecule has 0 spiro atoms. The summed E-state index contributed by atoms with van der Waals surface area (Å²) in [6.45, 7) is 7.94. The van der Waals surface area contributed by atoms with Gasteiger partial charge in [0.15, 0.2) is 0 Å². The topological polar surface area (TPSA) is 52.6 Å². The molecule has 1 rings (SSSR count). The summed E-state index contributed by atoms with van der Waals surface area (Å²) in [4.78, 5) is 24.7. The average Bonchev–Trinajstić information content (AvgIpc) is 2.61. The van der Waals surface area contributed by atoms with Crippen LogP contribution in [0.1, 0.15) is 84.6 Å². The molecule has 0 aromatic heterocycles. The molecule has 0 N–H and O–H groups in total. The molecule has 1 aromatic rings. The smallest absolute Gasteiger partial charge is 0.309 e. The summed E-state index contributed by atoms with van der Waals surface area (Å²) in [5.74, 6) is -1.08. The summed E-state index contributed by atoms with van der Waals surface area (Å²) in [5.41, 5.74) is 0.400. The SMILES string of the molecule is CCCCCCCCC(CC(=O)OC(C)(C)C)C(=O)OCc1ccccc1. The molecule has 1 unspecified atom stereocenters. The number of esters is 2. The van der Waals surface area contributed by atoms with Crippen molar-refractivity contribution in [2.45, 2.75) is 91.3 Å². The molecule has 0 aliphatic carbocycles. The van der Waals surface area contributed by atoms with E-state index in [4.69, 9.17) is 9.47 Å². The summed E-state index contributed by atoms with van der Waals surface area (Å²) in [7, 11) is 0. The van der Waals surface area contributed by atoms with Crippen molar-refractivity contribution in [2.75, 3.05) is 0 Å². The number of carbonyl (C=O) groups excluding carboxylic acids is 2. The van der Waals surface area contributed by atoms with Gasteiger partial charge in [0.25, 0.3) is 0 Å². The van der Waals surface area contributed by atoms with Gasteiger partial charge in [-0.1, -0.05) is 75.8 Å². The van der Waals surface area contributed by atoms with Crippen LogP contribution in [0.4, 0.5) is 0 Å². The molecule has 152 valence electrons. The van der Waals surface area contributed by atoms with Crippen molar-refractivity contribution in [3.63, 3.8) is 0 Å². The van der Waals surface area contributed by atoms with E-state index in [9.17, 15) is 9.59 Å². The fourth-order valence-electron chi connectivity index (χ4n) is 2.91. The van der Waals surface area contributed by atoms with Crippen molar-refractivity contribution >= 4 is 11.9 Å². The average molecular weight is 377 g/mol. The Balaban J connectivity index is 2.54. The Morgan fingerprint density at radius 3 is 2.22 bits per heavy atom. The van der Waals surface area contributed by atoms with Gasteiger partial charge in [-0.15, -0.1) is 0 Å². The number of benzene rings is 1. The van der Waals surface area contributed by atoms with Crippen LogP contribution in [0.2, 0.25) is 0 Å². The lowest BCUT2D eigenvalue weighted by molar-refractivity contribution is -0.162. The fourth-order valence-corrected chi connectivity index (χ4v) is 2.91. The zero-order valence-electron chi connectivity index (χ0n) is 17.5. The second-order valence-electron chi connectivity index (χ2n) is 8.14. The highest BCUT2D eigenvalue weighted by atomic mass is 16.6. The van der Waals surface area contributed by atoms with E-state index in [2.05, 4.69) is 6.92 Å². The maximum atomic E-state index is 12.6. The van der Waals surface area contributed by atoms with Crippen molar-refractivity contribution in [1.82, 2.24) is 0 Å². The Morgan fingerprint density at radius 2 is 1.59 bits per heavy atom. The van der Waals surface area contributed by atoms with E-state index in [-0.39, 0.29) is 25.0 Å². The van der Waals surface area contributed by atoms with Gasteiger partial charge in [-0.25, -0.2) is 0 Å². The summed E-state index contributed by atoms with van der Waals surface area (Å²) < 4.78 is 10.9. The summed E-state index contributed by atoms with van der Waals surface area (Å²) in [6, 6.07) is 9.60. The first-order chi connectivity index (χ1) is 12.8. The van der Waals surface area contributed by atoms with Crippen molar-refractivity contribution in [3.8, 4) is 0 Å². The molecular formula is C23H36O4. The van der Waals surface area contributed by atoms with Gasteiger partial charge in [0, 0.05) is 0 Å². The van der Waals surface area contributed by atoms with E-state index >= 15 is 0 Å². The molecule has 27 heavy (non-hydrogen) atoms. The summed E-state index contributed by atoms with van der Waals surface area (Å²) in [6.07, 6.45) is 7.62. The molecule has 0 aliphatic rings. The van der Waals surface area contributed by atoms with Crippen molar-refractivity contribution in [2.24, 2.45) is 5.92 Å². The van der Waals surface area contributed by atoms with E-state index in [0.717, 1.165) is 18.4 Å². The minimum Gasteiger partial charge on any atom is -0.461 e. The number of carbonyl (C=O) groups is 2. The van der Waals surface area contributed by atoms with Crippen LogP contribution < -0.4 is 0 Å². The largest absolute Gasteiger partial charge is 0.461 e. The molecule has 0 aliphatic heterocycles. The van der Waals surface area contributed by atoms with Crippen molar-refractivity contribution in [3.05, 3.63) is 35.9 Å². The van der Waals surface area contributed by atoms with Gasteiger partial charge < -0.3 is 9.47 Å². The Hall–Kier alpha value is -1.84. The summed E-state index contributed by atoms with van der Waals surface area (Å²) >= 11 is 0. The highest BCUT2D eigenvalue weighted by Crippen LogP contribution is 2.20. The molecule has 0 amide bonds. The van der Waals surface area contributed by atoms with E-state index in [0.29, 0.717) is 6.42 Å². The number of hydrogen-bond acceptors (Lipinski definition) is 4. The molecule has 0 fully saturated rings. The quantitative estimate of drug-likeness (QED) is 0.340. The first-order valence-corrected chi connectivity index (χ1v) is 10.2. The van der Waals surface area contributed by atoms with E-state index in [1.165, 1.54) is 25.7 Å². The molecule has 4 heteroatoms. The fraction of sp³-hybridized carbons (Fsp3) is 0.652. The van der Waals surface area contributed by atoms with Crippen LogP contribution in [0.15, 0.2) is 30.3 Å². The Morgan fingerprint density at radius 1 is 0.963 bits per heavy atom. The van der Waals surface area contributed by atoms with Crippen molar-refractivity contribution in [1.29, 1.82) is 0 Å². The predicted molar refractivity (Wildman–Crippen MR) is 108 cm³/mol. The van der Waals surface area contributed by atoms with E-state index in [1.807, 2.05) is 51.1 Å². The van der Waals surface area contributed by atoms with Crippen LogP contribution in [0, 0.1) is 5.92 Å². The van der Waals surface area contributed by atoms with E-state index in [1.54, 1.807) is 0 Å². The number of hydrogen-bond donors (Lipinski definition) is 0. The third-order valence-electron chi connectivity index (χ3n) is 4.30. The lowest BCUT2D eigenvalue weighted by Gasteiger charge is -2.22.